The molecular formula is C22H16N2O3. The molecule has 0 fully saturated rings. The quantitative estimate of drug-likeness (QED) is 0.233. The molecule has 0 unspecified atom stereocenters. The summed E-state index contributed by atoms with van der Waals surface area (Å²) in [6, 6.07) is 19.8. The highest BCUT2D eigenvalue weighted by Crippen LogP contribution is 2.46. The topological polar surface area (TPSA) is 69.2 Å². The molecule has 27 heavy (non-hydrogen) atoms. The van der Waals surface area contributed by atoms with Crippen molar-refractivity contribution in [3.05, 3.63) is 60.7 Å². The lowest BCUT2D eigenvalue weighted by Crippen LogP contribution is -2.33. The molecule has 0 saturated heterocycles. The van der Waals surface area contributed by atoms with Gasteiger partial charge in [0.15, 0.2) is 0 Å². The Balaban J connectivity index is 1.86. The summed E-state index contributed by atoms with van der Waals surface area (Å²) in [6.07, 6.45) is 0. The van der Waals surface area contributed by atoms with Crippen molar-refractivity contribution in [3.63, 3.8) is 0 Å². The molecule has 3 aromatic carbocycles. The van der Waals surface area contributed by atoms with E-state index in [0.29, 0.717) is 5.75 Å². The summed E-state index contributed by atoms with van der Waals surface area (Å²) in [5.41, 5.74) is 3.11. The van der Waals surface area contributed by atoms with Crippen LogP contribution in [0.4, 0.5) is 0 Å². The van der Waals surface area contributed by atoms with Crippen molar-refractivity contribution in [3.8, 4) is 28.5 Å². The van der Waals surface area contributed by atoms with Crippen molar-refractivity contribution in [2.24, 2.45) is 7.05 Å². The second-order valence-electron chi connectivity index (χ2n) is 6.58. The fourth-order valence-electron chi connectivity index (χ4n) is 3.81. The van der Waals surface area contributed by atoms with Crippen LogP contribution in [-0.4, -0.2) is 12.5 Å². The standard InChI is InChI=1S/C22H16N2O3/c1-24-17-11-13(26-12-20(23)25)9-10-14(17)15-6-4-8-19-21(15)22(24)16-5-2-3-7-18(16)27-19/h2-11H,12H2,1H3,(H-,23,25). The number of aromatic nitrogens is 1. The van der Waals surface area contributed by atoms with Gasteiger partial charge >= 0.3 is 0 Å². The van der Waals surface area contributed by atoms with E-state index in [9.17, 15) is 5.11 Å². The first-order chi connectivity index (χ1) is 13.1. The number of hydrogen-bond acceptors (Lipinski definition) is 4. The zero-order valence-corrected chi connectivity index (χ0v) is 14.7. The summed E-state index contributed by atoms with van der Waals surface area (Å²) in [4.78, 5) is 0. The molecule has 0 bridgehead atoms. The molecule has 4 aromatic rings. The predicted octanol–water partition coefficient (Wildman–Crippen LogP) is 3.31. The molecule has 1 N–H and O–H groups in total. The summed E-state index contributed by atoms with van der Waals surface area (Å²) in [5, 5.41) is 21.2. The predicted molar refractivity (Wildman–Crippen MR) is 101 cm³/mol. The van der Waals surface area contributed by atoms with Crippen LogP contribution < -0.4 is 19.1 Å². The van der Waals surface area contributed by atoms with Gasteiger partial charge in [0.2, 0.25) is 11.2 Å². The lowest BCUT2D eigenvalue weighted by Gasteiger charge is -2.20. The molecule has 0 atom stereocenters. The molecule has 2 heterocycles. The average molecular weight is 356 g/mol. The normalized spacial score (nSPS) is 11.9. The number of nitrogens with zero attached hydrogens (tertiary/aromatic N) is 1. The summed E-state index contributed by atoms with van der Waals surface area (Å²) in [6.45, 7) is -0.253. The number of hydrogen-bond donors (Lipinski definition) is 1. The van der Waals surface area contributed by atoms with E-state index in [-0.39, 0.29) is 6.61 Å². The lowest BCUT2D eigenvalue weighted by molar-refractivity contribution is -0.632. The van der Waals surface area contributed by atoms with Crippen LogP contribution in [0.5, 0.6) is 17.2 Å². The van der Waals surface area contributed by atoms with E-state index in [4.69, 9.17) is 14.9 Å². The van der Waals surface area contributed by atoms with Gasteiger partial charge in [-0.1, -0.05) is 24.3 Å². The van der Waals surface area contributed by atoms with E-state index in [0.717, 1.165) is 44.4 Å². The van der Waals surface area contributed by atoms with Gasteiger partial charge in [-0.3, -0.25) is 0 Å². The first-order valence-electron chi connectivity index (χ1n) is 8.66. The number of rotatable bonds is 3. The van der Waals surface area contributed by atoms with E-state index in [1.54, 1.807) is 0 Å². The Hall–Kier alpha value is -3.60. The van der Waals surface area contributed by atoms with E-state index in [1.807, 2.05) is 55.6 Å². The van der Waals surface area contributed by atoms with Crippen molar-refractivity contribution in [1.82, 2.24) is 0 Å². The summed E-state index contributed by atoms with van der Waals surface area (Å²) in [5.74, 6) is 1.50. The lowest BCUT2D eigenvalue weighted by atomic mass is 9.96. The van der Waals surface area contributed by atoms with Gasteiger partial charge in [-0.25, -0.2) is 0 Å². The third-order valence-electron chi connectivity index (χ3n) is 4.95. The summed E-state index contributed by atoms with van der Waals surface area (Å²) in [7, 11) is 2.02. The number of ether oxygens (including phenoxy) is 2. The molecule has 0 radical (unpaired) electrons. The Kier molecular flexibility index (Phi) is 3.31. The van der Waals surface area contributed by atoms with Crippen molar-refractivity contribution in [2.45, 2.75) is 0 Å². The van der Waals surface area contributed by atoms with Crippen LogP contribution in [0, 0.1) is 5.41 Å². The van der Waals surface area contributed by atoms with Gasteiger partial charge in [0.1, 0.15) is 30.9 Å². The molecule has 1 aliphatic heterocycles. The Morgan fingerprint density at radius 3 is 2.70 bits per heavy atom. The minimum atomic E-state index is -0.746. The summed E-state index contributed by atoms with van der Waals surface area (Å²) >= 11 is 0. The molecule has 0 saturated carbocycles. The van der Waals surface area contributed by atoms with Gasteiger partial charge in [0.25, 0.3) is 0 Å². The molecule has 0 amide bonds. The molecule has 0 aliphatic carbocycles. The van der Waals surface area contributed by atoms with Crippen LogP contribution in [-0.2, 0) is 7.05 Å². The van der Waals surface area contributed by atoms with Gasteiger partial charge in [0, 0.05) is 5.39 Å². The number of nitrogens with one attached hydrogen (secondary N) is 1. The molecule has 0 spiro atoms. The Morgan fingerprint density at radius 2 is 1.85 bits per heavy atom. The van der Waals surface area contributed by atoms with Crippen LogP contribution in [0.15, 0.2) is 60.7 Å². The summed E-state index contributed by atoms with van der Waals surface area (Å²) < 4.78 is 13.7. The fourth-order valence-corrected chi connectivity index (χ4v) is 3.81. The van der Waals surface area contributed by atoms with Gasteiger partial charge in [-0.2, -0.15) is 4.57 Å². The van der Waals surface area contributed by atoms with Gasteiger partial charge in [-0.05, 0) is 36.2 Å². The second kappa shape index (κ2) is 5.71. The maximum atomic E-state index is 10.9. The van der Waals surface area contributed by atoms with Crippen molar-refractivity contribution < 1.29 is 19.1 Å². The van der Waals surface area contributed by atoms with Crippen molar-refractivity contribution in [1.29, 1.82) is 5.41 Å². The first kappa shape index (κ1) is 15.6. The van der Waals surface area contributed by atoms with Crippen molar-refractivity contribution >= 4 is 27.6 Å². The highest BCUT2D eigenvalue weighted by molar-refractivity contribution is 6.12. The molecule has 1 aliphatic rings. The molecule has 132 valence electrons. The highest BCUT2D eigenvalue weighted by Gasteiger charge is 2.29. The Bertz CT molecular complexity index is 1250. The maximum absolute atomic E-state index is 10.9. The largest absolute Gasteiger partial charge is 0.860 e. The molecular weight excluding hydrogens is 340 g/mol. The van der Waals surface area contributed by atoms with Gasteiger partial charge < -0.3 is 20.0 Å². The SMILES string of the molecule is C[n+]1c2c3c(cccc3c3ccc(OCC(=N)[O-])cc31)Oc1ccccc1-2. The third kappa shape index (κ3) is 2.32. The van der Waals surface area contributed by atoms with E-state index in [1.165, 1.54) is 0 Å². The zero-order chi connectivity index (χ0) is 18.5. The minimum absolute atomic E-state index is 0.253. The second-order valence-corrected chi connectivity index (χ2v) is 6.58. The van der Waals surface area contributed by atoms with Crippen LogP contribution in [0.2, 0.25) is 0 Å². The number of pyridine rings is 1. The number of aryl methyl sites for hydroxylation is 1. The van der Waals surface area contributed by atoms with Crippen LogP contribution in [0.25, 0.3) is 32.9 Å². The van der Waals surface area contributed by atoms with Gasteiger partial charge in [-0.15, -0.1) is 0 Å². The smallest absolute Gasteiger partial charge is 0.228 e. The first-order valence-corrected chi connectivity index (χ1v) is 8.66. The van der Waals surface area contributed by atoms with Gasteiger partial charge in [0.05, 0.1) is 22.4 Å². The fraction of sp³-hybridized carbons (Fsp3) is 0.0909. The zero-order valence-electron chi connectivity index (χ0n) is 14.7. The molecule has 5 heteroatoms. The minimum Gasteiger partial charge on any atom is -0.860 e. The third-order valence-corrected chi connectivity index (χ3v) is 4.95. The van der Waals surface area contributed by atoms with Crippen molar-refractivity contribution in [2.75, 3.05) is 6.61 Å². The molecule has 1 aromatic heterocycles. The van der Waals surface area contributed by atoms with Crippen LogP contribution in [0.3, 0.4) is 0 Å². The van der Waals surface area contributed by atoms with E-state index in [2.05, 4.69) is 16.7 Å². The highest BCUT2D eigenvalue weighted by atomic mass is 16.5. The average Bonchev–Trinajstić information content (AvgIpc) is 2.69. The molecule has 5 nitrogen and oxygen atoms in total. The van der Waals surface area contributed by atoms with E-state index >= 15 is 0 Å². The Morgan fingerprint density at radius 1 is 1.04 bits per heavy atom. The number of para-hydroxylation sites is 1. The van der Waals surface area contributed by atoms with Crippen LogP contribution in [0.1, 0.15) is 0 Å². The maximum Gasteiger partial charge on any atom is 0.228 e. The molecule has 5 rings (SSSR count). The van der Waals surface area contributed by atoms with Crippen LogP contribution >= 0.6 is 0 Å². The number of benzene rings is 3. The van der Waals surface area contributed by atoms with E-state index < -0.39 is 5.90 Å². The Labute approximate surface area is 155 Å². The number of fused-ring (bicyclic) bond motifs is 4. The monoisotopic (exact) mass is 356 g/mol.